The SMILES string of the molecule is C=CS(=O)(=O)c1ccc(C)cc1. The van der Waals surface area contributed by atoms with Crippen LogP contribution in [0.5, 0.6) is 0 Å². The largest absolute Gasteiger partial charge is 0.219 e. The van der Waals surface area contributed by atoms with Crippen LogP contribution in [-0.4, -0.2) is 8.42 Å². The van der Waals surface area contributed by atoms with Gasteiger partial charge in [-0.3, -0.25) is 0 Å². The molecule has 2 nitrogen and oxygen atoms in total. The van der Waals surface area contributed by atoms with Gasteiger partial charge < -0.3 is 0 Å². The summed E-state index contributed by atoms with van der Waals surface area (Å²) in [5.74, 6) is 0. The van der Waals surface area contributed by atoms with E-state index in [1.807, 2.05) is 6.92 Å². The first-order valence-corrected chi connectivity index (χ1v) is 5.05. The smallest absolute Gasteiger partial charge is 0.199 e. The van der Waals surface area contributed by atoms with Crippen LogP contribution in [0.3, 0.4) is 0 Å². The Morgan fingerprint density at radius 1 is 1.25 bits per heavy atom. The number of aryl methyl sites for hydroxylation is 1. The fourth-order valence-corrected chi connectivity index (χ4v) is 1.53. The van der Waals surface area contributed by atoms with Crippen LogP contribution in [0.1, 0.15) is 5.56 Å². The Labute approximate surface area is 72.5 Å². The van der Waals surface area contributed by atoms with Crippen LogP contribution < -0.4 is 0 Å². The quantitative estimate of drug-likeness (QED) is 0.700. The molecule has 0 N–H and O–H groups in total. The van der Waals surface area contributed by atoms with Crippen molar-refractivity contribution in [1.29, 1.82) is 0 Å². The Bertz CT molecular complexity index is 373. The van der Waals surface area contributed by atoms with E-state index in [0.717, 1.165) is 11.0 Å². The minimum Gasteiger partial charge on any atom is -0.219 e. The first-order valence-electron chi connectivity index (χ1n) is 3.50. The van der Waals surface area contributed by atoms with E-state index in [4.69, 9.17) is 0 Å². The van der Waals surface area contributed by atoms with E-state index in [0.29, 0.717) is 4.90 Å². The molecule has 0 atom stereocenters. The second kappa shape index (κ2) is 3.11. The van der Waals surface area contributed by atoms with Gasteiger partial charge in [0.2, 0.25) is 0 Å². The molecule has 0 spiro atoms. The van der Waals surface area contributed by atoms with Crippen molar-refractivity contribution < 1.29 is 8.42 Å². The maximum atomic E-state index is 11.2. The van der Waals surface area contributed by atoms with Crippen molar-refractivity contribution >= 4 is 9.84 Å². The molecule has 0 aliphatic carbocycles. The number of hydrogen-bond donors (Lipinski definition) is 0. The summed E-state index contributed by atoms with van der Waals surface area (Å²) in [4.78, 5) is 0.295. The highest BCUT2D eigenvalue weighted by Crippen LogP contribution is 2.11. The van der Waals surface area contributed by atoms with E-state index >= 15 is 0 Å². The van der Waals surface area contributed by atoms with Gasteiger partial charge in [-0.05, 0) is 19.1 Å². The van der Waals surface area contributed by atoms with E-state index in [1.54, 1.807) is 24.3 Å². The highest BCUT2D eigenvalue weighted by Gasteiger charge is 2.07. The average molecular weight is 182 g/mol. The molecule has 1 aromatic carbocycles. The molecule has 12 heavy (non-hydrogen) atoms. The van der Waals surface area contributed by atoms with E-state index in [-0.39, 0.29) is 0 Å². The molecular weight excluding hydrogens is 172 g/mol. The van der Waals surface area contributed by atoms with Crippen molar-refractivity contribution in [3.8, 4) is 0 Å². The van der Waals surface area contributed by atoms with Crippen molar-refractivity contribution in [3.05, 3.63) is 41.8 Å². The predicted molar refractivity (Wildman–Crippen MR) is 48.6 cm³/mol. The molecule has 0 amide bonds. The highest BCUT2D eigenvalue weighted by molar-refractivity contribution is 7.94. The van der Waals surface area contributed by atoms with Gasteiger partial charge in [-0.2, -0.15) is 0 Å². The van der Waals surface area contributed by atoms with Crippen molar-refractivity contribution in [2.24, 2.45) is 0 Å². The summed E-state index contributed by atoms with van der Waals surface area (Å²) in [5.41, 5.74) is 1.04. The van der Waals surface area contributed by atoms with Crippen LogP contribution in [0, 0.1) is 6.92 Å². The number of hydrogen-bond acceptors (Lipinski definition) is 2. The number of benzene rings is 1. The summed E-state index contributed by atoms with van der Waals surface area (Å²) in [6.45, 7) is 5.15. The molecule has 0 unspecified atom stereocenters. The molecule has 0 fully saturated rings. The third-order valence-electron chi connectivity index (χ3n) is 1.57. The van der Waals surface area contributed by atoms with Gasteiger partial charge in [0.1, 0.15) is 0 Å². The van der Waals surface area contributed by atoms with E-state index < -0.39 is 9.84 Å². The zero-order chi connectivity index (χ0) is 9.19. The first-order chi connectivity index (χ1) is 5.56. The fraction of sp³-hybridized carbons (Fsp3) is 0.111. The van der Waals surface area contributed by atoms with Gasteiger partial charge >= 0.3 is 0 Å². The normalized spacial score (nSPS) is 11.1. The lowest BCUT2D eigenvalue weighted by Crippen LogP contribution is -1.94. The first kappa shape index (κ1) is 9.00. The predicted octanol–water partition coefficient (Wildman–Crippen LogP) is 1.91. The van der Waals surface area contributed by atoms with Crippen LogP contribution in [0.15, 0.2) is 41.1 Å². The van der Waals surface area contributed by atoms with Gasteiger partial charge in [-0.1, -0.05) is 24.3 Å². The van der Waals surface area contributed by atoms with Crippen molar-refractivity contribution in [3.63, 3.8) is 0 Å². The van der Waals surface area contributed by atoms with Crippen molar-refractivity contribution in [2.45, 2.75) is 11.8 Å². The average Bonchev–Trinajstić information content (AvgIpc) is 2.05. The lowest BCUT2D eigenvalue weighted by molar-refractivity contribution is 0.604. The Kier molecular flexibility index (Phi) is 2.33. The zero-order valence-corrected chi connectivity index (χ0v) is 7.64. The molecule has 0 bridgehead atoms. The highest BCUT2D eigenvalue weighted by atomic mass is 32.2. The summed E-state index contributed by atoms with van der Waals surface area (Å²) in [6.07, 6.45) is 0. The Morgan fingerprint density at radius 2 is 1.75 bits per heavy atom. The van der Waals surface area contributed by atoms with Crippen molar-refractivity contribution in [1.82, 2.24) is 0 Å². The Hall–Kier alpha value is -1.09. The summed E-state index contributed by atoms with van der Waals surface area (Å²) in [6, 6.07) is 6.67. The molecule has 0 heterocycles. The third-order valence-corrected chi connectivity index (χ3v) is 2.94. The van der Waals surface area contributed by atoms with Crippen LogP contribution >= 0.6 is 0 Å². The second-order valence-corrected chi connectivity index (χ2v) is 4.42. The zero-order valence-electron chi connectivity index (χ0n) is 6.82. The van der Waals surface area contributed by atoms with Gasteiger partial charge in [0.05, 0.1) is 4.90 Å². The molecule has 1 aromatic rings. The van der Waals surface area contributed by atoms with E-state index in [9.17, 15) is 8.42 Å². The van der Waals surface area contributed by atoms with Gasteiger partial charge in [0.25, 0.3) is 0 Å². The molecule has 0 radical (unpaired) electrons. The summed E-state index contributed by atoms with van der Waals surface area (Å²) < 4.78 is 22.4. The molecular formula is C9H10O2S. The summed E-state index contributed by atoms with van der Waals surface area (Å²) in [7, 11) is -3.25. The van der Waals surface area contributed by atoms with Gasteiger partial charge in [0.15, 0.2) is 9.84 Å². The van der Waals surface area contributed by atoms with Crippen LogP contribution in [0.2, 0.25) is 0 Å². The molecule has 0 saturated carbocycles. The monoisotopic (exact) mass is 182 g/mol. The fourth-order valence-electron chi connectivity index (χ4n) is 0.824. The van der Waals surface area contributed by atoms with Crippen LogP contribution in [0.25, 0.3) is 0 Å². The third kappa shape index (κ3) is 1.74. The van der Waals surface area contributed by atoms with Gasteiger partial charge in [-0.25, -0.2) is 8.42 Å². The standard InChI is InChI=1S/C9H10O2S/c1-3-12(10,11)9-6-4-8(2)5-7-9/h3-7H,1H2,2H3. The van der Waals surface area contributed by atoms with Crippen LogP contribution in [0.4, 0.5) is 0 Å². The molecule has 0 aliphatic rings. The minimum absolute atomic E-state index is 0.295. The second-order valence-electron chi connectivity index (χ2n) is 2.52. The van der Waals surface area contributed by atoms with E-state index in [2.05, 4.69) is 6.58 Å². The maximum absolute atomic E-state index is 11.2. The molecule has 0 aromatic heterocycles. The van der Waals surface area contributed by atoms with Crippen molar-refractivity contribution in [2.75, 3.05) is 0 Å². The minimum atomic E-state index is -3.25. The van der Waals surface area contributed by atoms with Crippen LogP contribution in [-0.2, 0) is 9.84 Å². The summed E-state index contributed by atoms with van der Waals surface area (Å²) >= 11 is 0. The number of rotatable bonds is 2. The Balaban J connectivity index is 3.23. The molecule has 1 rings (SSSR count). The number of sulfone groups is 1. The Morgan fingerprint density at radius 3 is 2.17 bits per heavy atom. The topological polar surface area (TPSA) is 34.1 Å². The lowest BCUT2D eigenvalue weighted by Gasteiger charge is -1.97. The lowest BCUT2D eigenvalue weighted by atomic mass is 10.2. The van der Waals surface area contributed by atoms with Gasteiger partial charge in [0, 0.05) is 5.41 Å². The van der Waals surface area contributed by atoms with E-state index in [1.165, 1.54) is 0 Å². The molecule has 0 saturated heterocycles. The molecule has 3 heteroatoms. The van der Waals surface area contributed by atoms with Gasteiger partial charge in [-0.15, -0.1) is 0 Å². The molecule has 64 valence electrons. The maximum Gasteiger partial charge on any atom is 0.199 e. The summed E-state index contributed by atoms with van der Waals surface area (Å²) in [5, 5.41) is 0.956. The molecule has 0 aliphatic heterocycles.